The summed E-state index contributed by atoms with van der Waals surface area (Å²) < 4.78 is 16.6. The van der Waals surface area contributed by atoms with Crippen LogP contribution in [0.1, 0.15) is 6.92 Å². The van der Waals surface area contributed by atoms with Crippen LogP contribution in [0.25, 0.3) is 22.3 Å². The van der Waals surface area contributed by atoms with E-state index < -0.39 is 59.1 Å². The van der Waals surface area contributed by atoms with E-state index >= 15 is 0 Å². The van der Waals surface area contributed by atoms with E-state index in [2.05, 4.69) is 0 Å². The third-order valence-electron chi connectivity index (χ3n) is 5.20. The number of aliphatic hydroxyl groups excluding tert-OH is 3. The molecule has 7 N–H and O–H groups in total. The Balaban J connectivity index is 1.92. The zero-order valence-electron chi connectivity index (χ0n) is 16.5. The lowest BCUT2D eigenvalue weighted by atomic mass is 10.00. The second-order valence-corrected chi connectivity index (χ2v) is 7.43. The van der Waals surface area contributed by atoms with E-state index in [1.165, 1.54) is 13.0 Å². The molecule has 5 atom stereocenters. The Kier molecular flexibility index (Phi) is 5.34. The summed E-state index contributed by atoms with van der Waals surface area (Å²) in [5.41, 5.74) is -1.05. The number of aliphatic hydroxyl groups is 3. The van der Waals surface area contributed by atoms with Gasteiger partial charge in [0.1, 0.15) is 40.8 Å². The van der Waals surface area contributed by atoms with Crippen molar-refractivity contribution in [2.75, 3.05) is 0 Å². The molecule has 0 radical (unpaired) electrons. The first-order valence-electron chi connectivity index (χ1n) is 9.50. The molecule has 1 aliphatic heterocycles. The lowest BCUT2D eigenvalue weighted by Crippen LogP contribution is -2.58. The van der Waals surface area contributed by atoms with E-state index in [9.17, 15) is 40.5 Å². The van der Waals surface area contributed by atoms with Crippen molar-refractivity contribution in [3.63, 3.8) is 0 Å². The number of rotatable bonds is 3. The van der Waals surface area contributed by atoms with Crippen LogP contribution in [-0.2, 0) is 4.74 Å². The SMILES string of the molecule is C[C@@H]1O[C@H](Oc2c(-c3ccc(O)c(O)c3)oc3cc(O)cc(O)c3c2=O)[C@H](O)[C@H](O)[C@H]1O. The molecule has 32 heavy (non-hydrogen) atoms. The normalized spacial score (nSPS) is 25.7. The average molecular weight is 448 g/mol. The van der Waals surface area contributed by atoms with E-state index in [4.69, 9.17) is 13.9 Å². The minimum absolute atomic E-state index is 0.0658. The Morgan fingerprint density at radius 3 is 2.28 bits per heavy atom. The van der Waals surface area contributed by atoms with Crippen LogP contribution >= 0.6 is 0 Å². The topological polar surface area (TPSA) is 190 Å². The highest BCUT2D eigenvalue weighted by Crippen LogP contribution is 2.39. The average Bonchev–Trinajstić information content (AvgIpc) is 2.73. The van der Waals surface area contributed by atoms with Crippen molar-refractivity contribution >= 4 is 11.0 Å². The van der Waals surface area contributed by atoms with Gasteiger partial charge in [-0.2, -0.15) is 0 Å². The highest BCUT2D eigenvalue weighted by atomic mass is 16.7. The summed E-state index contributed by atoms with van der Waals surface area (Å²) in [4.78, 5) is 13.2. The van der Waals surface area contributed by atoms with E-state index in [1.54, 1.807) is 0 Å². The third kappa shape index (κ3) is 3.56. The van der Waals surface area contributed by atoms with Crippen LogP contribution in [0.4, 0.5) is 0 Å². The Morgan fingerprint density at radius 1 is 0.875 bits per heavy atom. The van der Waals surface area contributed by atoms with Crippen LogP contribution in [0.15, 0.2) is 39.5 Å². The number of hydrogen-bond acceptors (Lipinski definition) is 11. The fraction of sp³-hybridized carbons (Fsp3) is 0.286. The van der Waals surface area contributed by atoms with Crippen LogP contribution in [0, 0.1) is 0 Å². The van der Waals surface area contributed by atoms with E-state index in [-0.39, 0.29) is 28.0 Å². The van der Waals surface area contributed by atoms with Gasteiger partial charge in [-0.05, 0) is 25.1 Å². The number of benzene rings is 2. The minimum Gasteiger partial charge on any atom is -0.508 e. The monoisotopic (exact) mass is 448 g/mol. The van der Waals surface area contributed by atoms with Gasteiger partial charge >= 0.3 is 0 Å². The molecule has 170 valence electrons. The van der Waals surface area contributed by atoms with Crippen molar-refractivity contribution in [1.82, 2.24) is 0 Å². The quantitative estimate of drug-likeness (QED) is 0.276. The van der Waals surface area contributed by atoms with Crippen molar-refractivity contribution in [3.8, 4) is 40.1 Å². The number of fused-ring (bicyclic) bond motifs is 1. The molecular formula is C21H20O11. The fourth-order valence-corrected chi connectivity index (χ4v) is 3.46. The molecule has 3 aromatic rings. The molecule has 0 saturated carbocycles. The van der Waals surface area contributed by atoms with E-state index in [0.29, 0.717) is 0 Å². The van der Waals surface area contributed by atoms with Crippen LogP contribution in [-0.4, -0.2) is 66.5 Å². The first kappa shape index (κ1) is 21.7. The number of hydrogen-bond donors (Lipinski definition) is 7. The number of phenols is 4. The molecule has 1 aliphatic rings. The zero-order valence-corrected chi connectivity index (χ0v) is 16.5. The Hall–Kier alpha value is -3.51. The molecule has 1 fully saturated rings. The first-order valence-corrected chi connectivity index (χ1v) is 9.50. The molecule has 1 saturated heterocycles. The molecule has 0 spiro atoms. The molecule has 11 heteroatoms. The van der Waals surface area contributed by atoms with Crippen LogP contribution < -0.4 is 10.2 Å². The van der Waals surface area contributed by atoms with Crippen LogP contribution in [0.5, 0.6) is 28.7 Å². The molecule has 0 unspecified atom stereocenters. The third-order valence-corrected chi connectivity index (χ3v) is 5.20. The van der Waals surface area contributed by atoms with E-state index in [1.807, 2.05) is 0 Å². The fourth-order valence-electron chi connectivity index (χ4n) is 3.46. The highest BCUT2D eigenvalue weighted by molar-refractivity contribution is 5.88. The molecule has 4 rings (SSSR count). The van der Waals surface area contributed by atoms with Crippen molar-refractivity contribution in [1.29, 1.82) is 0 Å². The van der Waals surface area contributed by atoms with Crippen molar-refractivity contribution in [2.24, 2.45) is 0 Å². The Bertz CT molecular complexity index is 1230. The largest absolute Gasteiger partial charge is 0.508 e. The van der Waals surface area contributed by atoms with Crippen LogP contribution in [0.2, 0.25) is 0 Å². The highest BCUT2D eigenvalue weighted by Gasteiger charge is 2.44. The smallest absolute Gasteiger partial charge is 0.239 e. The lowest BCUT2D eigenvalue weighted by molar-refractivity contribution is -0.268. The van der Waals surface area contributed by atoms with Gasteiger partial charge in [-0.15, -0.1) is 0 Å². The maximum absolute atomic E-state index is 13.2. The summed E-state index contributed by atoms with van der Waals surface area (Å²) in [6.45, 7) is 1.42. The van der Waals surface area contributed by atoms with Gasteiger partial charge in [0.2, 0.25) is 17.5 Å². The molecule has 2 heterocycles. The summed E-state index contributed by atoms with van der Waals surface area (Å²) in [5, 5.41) is 69.2. The second kappa shape index (κ2) is 7.88. The van der Waals surface area contributed by atoms with Gasteiger partial charge in [-0.1, -0.05) is 0 Å². The molecular weight excluding hydrogens is 428 g/mol. The van der Waals surface area contributed by atoms with Gasteiger partial charge in [-0.25, -0.2) is 0 Å². The van der Waals surface area contributed by atoms with Crippen molar-refractivity contribution in [3.05, 3.63) is 40.6 Å². The lowest BCUT2D eigenvalue weighted by Gasteiger charge is -2.38. The van der Waals surface area contributed by atoms with E-state index in [0.717, 1.165) is 24.3 Å². The van der Waals surface area contributed by atoms with Gasteiger partial charge in [0.05, 0.1) is 6.10 Å². The van der Waals surface area contributed by atoms with Crippen molar-refractivity contribution in [2.45, 2.75) is 37.6 Å². The molecule has 1 aromatic heterocycles. The molecule has 0 bridgehead atoms. The number of phenolic OH excluding ortho intramolecular Hbond substituents is 4. The van der Waals surface area contributed by atoms with Gasteiger partial charge < -0.3 is 49.6 Å². The van der Waals surface area contributed by atoms with Gasteiger partial charge in [0.15, 0.2) is 17.3 Å². The van der Waals surface area contributed by atoms with Gasteiger partial charge in [0.25, 0.3) is 0 Å². The maximum Gasteiger partial charge on any atom is 0.239 e. The van der Waals surface area contributed by atoms with Crippen LogP contribution in [0.3, 0.4) is 0 Å². The maximum atomic E-state index is 13.2. The number of ether oxygens (including phenoxy) is 2. The molecule has 0 amide bonds. The van der Waals surface area contributed by atoms with Gasteiger partial charge in [0, 0.05) is 17.7 Å². The predicted octanol–water partition coefficient (Wildman–Crippen LogP) is 0.489. The summed E-state index contributed by atoms with van der Waals surface area (Å²) >= 11 is 0. The Morgan fingerprint density at radius 2 is 1.59 bits per heavy atom. The minimum atomic E-state index is -1.74. The van der Waals surface area contributed by atoms with Crippen molar-refractivity contribution < 1.29 is 49.6 Å². The summed E-state index contributed by atoms with van der Waals surface area (Å²) in [7, 11) is 0. The predicted molar refractivity (Wildman–Crippen MR) is 108 cm³/mol. The zero-order chi connectivity index (χ0) is 23.3. The summed E-state index contributed by atoms with van der Waals surface area (Å²) in [6, 6.07) is 5.51. The summed E-state index contributed by atoms with van der Waals surface area (Å²) in [5.74, 6) is -2.80. The second-order valence-electron chi connectivity index (χ2n) is 7.43. The molecule has 11 nitrogen and oxygen atoms in total. The standard InChI is InChI=1S/C21H20O11/c1-7-15(26)17(28)18(29)21(30-7)32-20-16(27)14-12(25)5-9(22)6-13(14)31-19(20)8-2-3-10(23)11(24)4-8/h2-7,15,17-18,21-26,28-29H,1H3/t7-,15-,17+,18+,21+/m0/s1. The number of aromatic hydroxyl groups is 4. The molecule has 2 aromatic carbocycles. The Labute approximate surface area is 179 Å². The first-order chi connectivity index (χ1) is 15.1. The summed E-state index contributed by atoms with van der Waals surface area (Å²) in [6.07, 6.45) is -7.35. The van der Waals surface area contributed by atoms with Gasteiger partial charge in [-0.3, -0.25) is 4.79 Å². The molecule has 0 aliphatic carbocycles.